The van der Waals surface area contributed by atoms with E-state index in [1.807, 2.05) is 0 Å². The van der Waals surface area contributed by atoms with E-state index in [2.05, 4.69) is 0 Å². The molecule has 4 nitrogen and oxygen atoms in total. The minimum Gasteiger partial charge on any atom is -0.485 e. The van der Waals surface area contributed by atoms with Gasteiger partial charge >= 0.3 is 0 Å². The molecule has 0 spiro atoms. The van der Waals surface area contributed by atoms with Gasteiger partial charge in [0.05, 0.1) is 5.02 Å². The molecular formula is C15H11Cl2NO3. The topological polar surface area (TPSA) is 69.4 Å². The Morgan fingerprint density at radius 1 is 1.05 bits per heavy atom. The maximum Gasteiger partial charge on any atom is 0.248 e. The third kappa shape index (κ3) is 3.97. The number of hydrogen-bond acceptors (Lipinski definition) is 3. The summed E-state index contributed by atoms with van der Waals surface area (Å²) in [5, 5.41) is 0.741. The van der Waals surface area contributed by atoms with Crippen molar-refractivity contribution in [1.82, 2.24) is 0 Å². The van der Waals surface area contributed by atoms with Gasteiger partial charge in [-0.05, 0) is 42.5 Å². The number of amides is 1. The smallest absolute Gasteiger partial charge is 0.248 e. The Labute approximate surface area is 131 Å². The number of halogens is 2. The van der Waals surface area contributed by atoms with Gasteiger partial charge in [-0.2, -0.15) is 0 Å². The second kappa shape index (κ2) is 6.61. The van der Waals surface area contributed by atoms with Crippen LogP contribution in [0, 0.1) is 0 Å². The number of ether oxygens (including phenoxy) is 1. The lowest BCUT2D eigenvalue weighted by atomic mass is 10.1. The zero-order chi connectivity index (χ0) is 15.4. The molecule has 0 saturated carbocycles. The molecule has 0 saturated heterocycles. The number of primary amides is 1. The summed E-state index contributed by atoms with van der Waals surface area (Å²) in [7, 11) is 0. The highest BCUT2D eigenvalue weighted by atomic mass is 35.5. The molecule has 2 rings (SSSR count). The molecule has 108 valence electrons. The van der Waals surface area contributed by atoms with Crippen LogP contribution in [0.2, 0.25) is 10.0 Å². The Morgan fingerprint density at radius 2 is 1.71 bits per heavy atom. The van der Waals surface area contributed by atoms with E-state index in [-0.39, 0.29) is 12.4 Å². The van der Waals surface area contributed by atoms with Crippen molar-refractivity contribution in [2.75, 3.05) is 6.61 Å². The normalized spacial score (nSPS) is 10.2. The van der Waals surface area contributed by atoms with Crippen LogP contribution in [0.15, 0.2) is 42.5 Å². The first-order chi connectivity index (χ1) is 9.97. The molecule has 2 aromatic rings. The fourth-order valence-electron chi connectivity index (χ4n) is 1.65. The molecule has 0 atom stereocenters. The lowest BCUT2D eigenvalue weighted by molar-refractivity contribution is 0.0920. The number of nitrogens with two attached hydrogens (primary N) is 1. The van der Waals surface area contributed by atoms with Crippen molar-refractivity contribution < 1.29 is 14.3 Å². The Bertz CT molecular complexity index is 684. The zero-order valence-corrected chi connectivity index (χ0v) is 12.3. The van der Waals surface area contributed by atoms with E-state index in [9.17, 15) is 9.59 Å². The lowest BCUT2D eigenvalue weighted by Crippen LogP contribution is -2.13. The van der Waals surface area contributed by atoms with Gasteiger partial charge in [0.15, 0.2) is 6.61 Å². The van der Waals surface area contributed by atoms with Crippen LogP contribution in [0.1, 0.15) is 20.7 Å². The van der Waals surface area contributed by atoms with Crippen LogP contribution in [-0.2, 0) is 0 Å². The first-order valence-electron chi connectivity index (χ1n) is 5.98. The highest BCUT2D eigenvalue weighted by molar-refractivity contribution is 6.35. The number of benzene rings is 2. The summed E-state index contributed by atoms with van der Waals surface area (Å²) < 4.78 is 5.35. The largest absolute Gasteiger partial charge is 0.485 e. The van der Waals surface area contributed by atoms with E-state index in [1.54, 1.807) is 24.3 Å². The average Bonchev–Trinajstić information content (AvgIpc) is 2.47. The van der Waals surface area contributed by atoms with Crippen molar-refractivity contribution >= 4 is 34.9 Å². The average molecular weight is 324 g/mol. The summed E-state index contributed by atoms with van der Waals surface area (Å²) in [5.74, 6) is -0.365. The number of carbonyl (C=O) groups excluding carboxylic acids is 2. The summed E-state index contributed by atoms with van der Waals surface area (Å²) in [6.45, 7) is -0.185. The molecule has 21 heavy (non-hydrogen) atoms. The van der Waals surface area contributed by atoms with E-state index in [0.717, 1.165) is 0 Å². The Balaban J connectivity index is 2.04. The monoisotopic (exact) mass is 323 g/mol. The second-order valence-electron chi connectivity index (χ2n) is 4.22. The molecule has 0 fully saturated rings. The van der Waals surface area contributed by atoms with E-state index in [4.69, 9.17) is 33.7 Å². The van der Waals surface area contributed by atoms with E-state index in [1.165, 1.54) is 18.2 Å². The van der Waals surface area contributed by atoms with Crippen LogP contribution in [0.3, 0.4) is 0 Å². The van der Waals surface area contributed by atoms with Gasteiger partial charge in [-0.25, -0.2) is 0 Å². The molecule has 0 radical (unpaired) electrons. The molecule has 2 N–H and O–H groups in total. The van der Waals surface area contributed by atoms with Gasteiger partial charge in [0, 0.05) is 16.1 Å². The van der Waals surface area contributed by atoms with E-state index >= 15 is 0 Å². The van der Waals surface area contributed by atoms with Gasteiger partial charge in [-0.1, -0.05) is 23.2 Å². The molecule has 0 bridgehead atoms. The first-order valence-corrected chi connectivity index (χ1v) is 6.74. The van der Waals surface area contributed by atoms with Crippen molar-refractivity contribution in [3.8, 4) is 5.75 Å². The molecule has 0 aliphatic rings. The Kier molecular flexibility index (Phi) is 4.83. The molecule has 1 amide bonds. The maximum absolute atomic E-state index is 12.0. The number of rotatable bonds is 5. The summed E-state index contributed by atoms with van der Waals surface area (Å²) >= 11 is 11.8. The first kappa shape index (κ1) is 15.4. The molecule has 0 unspecified atom stereocenters. The van der Waals surface area contributed by atoms with E-state index in [0.29, 0.717) is 26.9 Å². The number of ketones is 1. The number of hydrogen-bond donors (Lipinski definition) is 1. The zero-order valence-electron chi connectivity index (χ0n) is 10.8. The molecular weight excluding hydrogens is 313 g/mol. The molecule has 2 aromatic carbocycles. The van der Waals surface area contributed by atoms with Crippen LogP contribution in [-0.4, -0.2) is 18.3 Å². The van der Waals surface area contributed by atoms with Crippen LogP contribution in [0.4, 0.5) is 0 Å². The van der Waals surface area contributed by atoms with Crippen LogP contribution >= 0.6 is 23.2 Å². The standard InChI is InChI=1S/C15H11Cl2NO3/c16-10-3-6-13(17)12(7-10)14(19)8-21-11-4-1-9(2-5-11)15(18)20/h1-7H,8H2,(H2,18,20). The summed E-state index contributed by atoms with van der Waals surface area (Å²) in [4.78, 5) is 23.0. The number of carbonyl (C=O) groups is 2. The molecule has 6 heteroatoms. The van der Waals surface area contributed by atoms with E-state index < -0.39 is 5.91 Å². The minimum atomic E-state index is -0.525. The predicted molar refractivity (Wildman–Crippen MR) is 81.2 cm³/mol. The number of Topliss-reactive ketones (excluding diaryl/α,β-unsaturated/α-hetero) is 1. The van der Waals surface area contributed by atoms with Gasteiger partial charge in [-0.15, -0.1) is 0 Å². The van der Waals surface area contributed by atoms with Crippen molar-refractivity contribution in [3.63, 3.8) is 0 Å². The van der Waals surface area contributed by atoms with Crippen molar-refractivity contribution in [1.29, 1.82) is 0 Å². The molecule has 0 aliphatic heterocycles. The van der Waals surface area contributed by atoms with Crippen LogP contribution < -0.4 is 10.5 Å². The quantitative estimate of drug-likeness (QED) is 0.858. The fraction of sp³-hybridized carbons (Fsp3) is 0.0667. The van der Waals surface area contributed by atoms with Crippen molar-refractivity contribution in [2.45, 2.75) is 0 Å². The maximum atomic E-state index is 12.0. The predicted octanol–water partition coefficient (Wildman–Crippen LogP) is 3.35. The highest BCUT2D eigenvalue weighted by Crippen LogP contribution is 2.21. The summed E-state index contributed by atoms with van der Waals surface area (Å²) in [5.41, 5.74) is 5.80. The van der Waals surface area contributed by atoms with Gasteiger partial charge in [-0.3, -0.25) is 9.59 Å². The SMILES string of the molecule is NC(=O)c1ccc(OCC(=O)c2cc(Cl)ccc2Cl)cc1. The van der Waals surface area contributed by atoms with Gasteiger partial charge in [0.2, 0.25) is 11.7 Å². The fourth-order valence-corrected chi connectivity index (χ4v) is 2.05. The van der Waals surface area contributed by atoms with Crippen molar-refractivity contribution in [3.05, 3.63) is 63.6 Å². The Morgan fingerprint density at radius 3 is 2.33 bits per heavy atom. The minimum absolute atomic E-state index is 0.185. The van der Waals surface area contributed by atoms with Crippen molar-refractivity contribution in [2.24, 2.45) is 5.73 Å². The highest BCUT2D eigenvalue weighted by Gasteiger charge is 2.12. The van der Waals surface area contributed by atoms with Gasteiger partial charge in [0.1, 0.15) is 5.75 Å². The van der Waals surface area contributed by atoms with Crippen LogP contribution in [0.5, 0.6) is 5.75 Å². The third-order valence-corrected chi connectivity index (χ3v) is 3.30. The van der Waals surface area contributed by atoms with Gasteiger partial charge in [0.25, 0.3) is 0 Å². The third-order valence-electron chi connectivity index (χ3n) is 2.74. The van der Waals surface area contributed by atoms with Crippen LogP contribution in [0.25, 0.3) is 0 Å². The lowest BCUT2D eigenvalue weighted by Gasteiger charge is -2.07. The second-order valence-corrected chi connectivity index (χ2v) is 5.07. The summed E-state index contributed by atoms with van der Waals surface area (Å²) in [6.07, 6.45) is 0. The molecule has 0 aromatic heterocycles. The van der Waals surface area contributed by atoms with Gasteiger partial charge < -0.3 is 10.5 Å². The molecule has 0 aliphatic carbocycles. The Hall–Kier alpha value is -2.04. The summed E-state index contributed by atoms with van der Waals surface area (Å²) in [6, 6.07) is 10.8. The molecule has 0 heterocycles.